The predicted octanol–water partition coefficient (Wildman–Crippen LogP) is 3.48. The average molecular weight is 382 g/mol. The van der Waals surface area contributed by atoms with Crippen LogP contribution in [0.15, 0.2) is 54.0 Å². The molecular formula is C20H22N4O2S. The van der Waals surface area contributed by atoms with Gasteiger partial charge in [-0.3, -0.25) is 9.59 Å². The zero-order valence-electron chi connectivity index (χ0n) is 15.3. The van der Waals surface area contributed by atoms with Crippen molar-refractivity contribution in [2.45, 2.75) is 19.4 Å². The number of nitrogens with zero attached hydrogens (tertiary/aromatic N) is 2. The van der Waals surface area contributed by atoms with Crippen LogP contribution in [0.25, 0.3) is 11.3 Å². The van der Waals surface area contributed by atoms with E-state index in [2.05, 4.69) is 15.3 Å². The van der Waals surface area contributed by atoms with E-state index in [1.54, 1.807) is 19.3 Å². The van der Waals surface area contributed by atoms with Gasteiger partial charge in [0.25, 0.3) is 5.91 Å². The minimum atomic E-state index is -0.236. The van der Waals surface area contributed by atoms with Gasteiger partial charge in [-0.2, -0.15) is 0 Å². The number of benzene rings is 1. The highest BCUT2D eigenvalue weighted by molar-refractivity contribution is 7.12. The Labute approximate surface area is 162 Å². The molecule has 0 radical (unpaired) electrons. The second-order valence-electron chi connectivity index (χ2n) is 6.22. The first-order valence-corrected chi connectivity index (χ1v) is 9.65. The van der Waals surface area contributed by atoms with Crippen LogP contribution in [0.3, 0.4) is 0 Å². The molecule has 140 valence electrons. The molecule has 0 aliphatic heterocycles. The molecule has 0 bridgehead atoms. The molecular weight excluding hydrogens is 360 g/mol. The molecule has 27 heavy (non-hydrogen) atoms. The van der Waals surface area contributed by atoms with E-state index in [-0.39, 0.29) is 24.4 Å². The molecule has 0 aliphatic rings. The maximum atomic E-state index is 12.4. The zero-order valence-corrected chi connectivity index (χ0v) is 16.1. The predicted molar refractivity (Wildman–Crippen MR) is 106 cm³/mol. The molecule has 0 aliphatic carbocycles. The lowest BCUT2D eigenvalue weighted by molar-refractivity contribution is -0.122. The molecule has 0 saturated heterocycles. The van der Waals surface area contributed by atoms with Crippen molar-refractivity contribution >= 4 is 23.2 Å². The molecule has 0 fully saturated rings. The standard InChI is InChI=1S/C20H22N4O2S/c1-3-15(19-21-12-16(23-19)14-8-5-4-6-9-14)22-18(25)13-24(2)20(26)17-10-7-11-27-17/h4-12,15H,3,13H2,1-2H3,(H,21,23)(H,22,25). The van der Waals surface area contributed by atoms with Crippen LogP contribution in [0.5, 0.6) is 0 Å². The second-order valence-corrected chi connectivity index (χ2v) is 7.16. The van der Waals surface area contributed by atoms with Crippen molar-refractivity contribution in [3.63, 3.8) is 0 Å². The molecule has 0 spiro atoms. The van der Waals surface area contributed by atoms with Crippen LogP contribution in [0.1, 0.15) is 34.9 Å². The lowest BCUT2D eigenvalue weighted by atomic mass is 10.2. The molecule has 2 N–H and O–H groups in total. The van der Waals surface area contributed by atoms with Gasteiger partial charge >= 0.3 is 0 Å². The van der Waals surface area contributed by atoms with E-state index in [9.17, 15) is 9.59 Å². The summed E-state index contributed by atoms with van der Waals surface area (Å²) in [6, 6.07) is 13.2. The highest BCUT2D eigenvalue weighted by Gasteiger charge is 2.20. The van der Waals surface area contributed by atoms with E-state index in [0.717, 1.165) is 11.3 Å². The van der Waals surface area contributed by atoms with Gasteiger partial charge in [0.2, 0.25) is 5.91 Å². The fraction of sp³-hybridized carbons (Fsp3) is 0.250. The summed E-state index contributed by atoms with van der Waals surface area (Å²) >= 11 is 1.36. The van der Waals surface area contributed by atoms with Gasteiger partial charge in [-0.1, -0.05) is 43.3 Å². The molecule has 3 rings (SSSR count). The summed E-state index contributed by atoms with van der Waals surface area (Å²) < 4.78 is 0. The summed E-state index contributed by atoms with van der Waals surface area (Å²) in [6.45, 7) is 1.98. The van der Waals surface area contributed by atoms with Gasteiger partial charge in [-0.05, 0) is 23.4 Å². The van der Waals surface area contributed by atoms with Crippen LogP contribution >= 0.6 is 11.3 Å². The Hall–Kier alpha value is -2.93. The summed E-state index contributed by atoms with van der Waals surface area (Å²) in [4.78, 5) is 34.4. The third-order valence-corrected chi connectivity index (χ3v) is 5.07. The van der Waals surface area contributed by atoms with E-state index in [4.69, 9.17) is 0 Å². The number of hydrogen-bond donors (Lipinski definition) is 2. The van der Waals surface area contributed by atoms with Crippen molar-refractivity contribution in [1.29, 1.82) is 0 Å². The van der Waals surface area contributed by atoms with Gasteiger partial charge < -0.3 is 15.2 Å². The Kier molecular flexibility index (Phi) is 6.03. The maximum absolute atomic E-state index is 12.4. The highest BCUT2D eigenvalue weighted by Crippen LogP contribution is 2.20. The normalized spacial score (nSPS) is 11.8. The number of H-pyrrole nitrogens is 1. The largest absolute Gasteiger partial charge is 0.345 e. The number of imidazole rings is 1. The quantitative estimate of drug-likeness (QED) is 0.657. The number of thiophene rings is 1. The topological polar surface area (TPSA) is 78.1 Å². The highest BCUT2D eigenvalue weighted by atomic mass is 32.1. The third-order valence-electron chi connectivity index (χ3n) is 4.21. The van der Waals surface area contributed by atoms with Crippen molar-refractivity contribution in [3.05, 3.63) is 64.7 Å². The Morgan fingerprint density at radius 3 is 2.67 bits per heavy atom. The fourth-order valence-corrected chi connectivity index (χ4v) is 3.47. The van der Waals surface area contributed by atoms with Crippen LogP contribution in [0, 0.1) is 0 Å². The van der Waals surface area contributed by atoms with Gasteiger partial charge in [0.1, 0.15) is 5.82 Å². The van der Waals surface area contributed by atoms with Crippen LogP contribution in [-0.2, 0) is 4.79 Å². The Morgan fingerprint density at radius 2 is 2.00 bits per heavy atom. The first-order chi connectivity index (χ1) is 13.1. The monoisotopic (exact) mass is 382 g/mol. The van der Waals surface area contributed by atoms with Crippen LogP contribution in [0.4, 0.5) is 0 Å². The fourth-order valence-electron chi connectivity index (χ4n) is 2.76. The summed E-state index contributed by atoms with van der Waals surface area (Å²) in [7, 11) is 1.63. The number of likely N-dealkylation sites (N-methyl/N-ethyl adjacent to an activating group) is 1. The van der Waals surface area contributed by atoms with Gasteiger partial charge in [-0.15, -0.1) is 11.3 Å². The molecule has 2 amide bonds. The Balaban J connectivity index is 1.62. The molecule has 7 heteroatoms. The number of carbonyl (C=O) groups is 2. The summed E-state index contributed by atoms with van der Waals surface area (Å²) in [5, 5.41) is 4.80. The number of amides is 2. The minimum absolute atomic E-state index is 0.000512. The molecule has 6 nitrogen and oxygen atoms in total. The number of nitrogens with one attached hydrogen (secondary N) is 2. The van der Waals surface area contributed by atoms with E-state index in [0.29, 0.717) is 17.1 Å². The van der Waals surface area contributed by atoms with Gasteiger partial charge in [0.05, 0.1) is 29.4 Å². The van der Waals surface area contributed by atoms with E-state index in [1.807, 2.05) is 48.7 Å². The van der Waals surface area contributed by atoms with Crippen molar-refractivity contribution in [2.24, 2.45) is 0 Å². The van der Waals surface area contributed by atoms with Gasteiger partial charge in [0.15, 0.2) is 0 Å². The summed E-state index contributed by atoms with van der Waals surface area (Å²) in [5.74, 6) is 0.335. The average Bonchev–Trinajstić information content (AvgIpc) is 3.38. The first-order valence-electron chi connectivity index (χ1n) is 8.77. The van der Waals surface area contributed by atoms with Crippen molar-refractivity contribution in [2.75, 3.05) is 13.6 Å². The van der Waals surface area contributed by atoms with Crippen LogP contribution < -0.4 is 5.32 Å². The second kappa shape index (κ2) is 8.64. The smallest absolute Gasteiger partial charge is 0.264 e. The number of hydrogen-bond acceptors (Lipinski definition) is 4. The van der Waals surface area contributed by atoms with Crippen LogP contribution in [-0.4, -0.2) is 40.3 Å². The maximum Gasteiger partial charge on any atom is 0.264 e. The lowest BCUT2D eigenvalue weighted by Gasteiger charge is -2.19. The first kappa shape index (κ1) is 18.8. The number of aromatic nitrogens is 2. The molecule has 2 heterocycles. The SMILES string of the molecule is CCC(NC(=O)CN(C)C(=O)c1cccs1)c1ncc(-c2ccccc2)[nH]1. The lowest BCUT2D eigenvalue weighted by Crippen LogP contribution is -2.39. The number of carbonyl (C=O) groups excluding carboxylic acids is 2. The van der Waals surface area contributed by atoms with Gasteiger partial charge in [0, 0.05) is 7.05 Å². The molecule has 3 aromatic rings. The van der Waals surface area contributed by atoms with Crippen molar-refractivity contribution < 1.29 is 9.59 Å². The van der Waals surface area contributed by atoms with E-state index >= 15 is 0 Å². The molecule has 1 atom stereocenters. The Morgan fingerprint density at radius 1 is 1.22 bits per heavy atom. The minimum Gasteiger partial charge on any atom is -0.345 e. The Bertz CT molecular complexity index is 890. The zero-order chi connectivity index (χ0) is 19.2. The molecule has 0 saturated carbocycles. The third kappa shape index (κ3) is 4.62. The summed E-state index contributed by atoms with van der Waals surface area (Å²) in [6.07, 6.45) is 2.46. The van der Waals surface area contributed by atoms with Gasteiger partial charge in [-0.25, -0.2) is 4.98 Å². The number of aromatic amines is 1. The molecule has 1 unspecified atom stereocenters. The van der Waals surface area contributed by atoms with Crippen molar-refractivity contribution in [1.82, 2.24) is 20.2 Å². The number of rotatable bonds is 7. The molecule has 1 aromatic carbocycles. The van der Waals surface area contributed by atoms with E-state index < -0.39 is 0 Å². The van der Waals surface area contributed by atoms with E-state index in [1.165, 1.54) is 16.2 Å². The molecule has 2 aromatic heterocycles. The summed E-state index contributed by atoms with van der Waals surface area (Å²) in [5.41, 5.74) is 1.95. The van der Waals surface area contributed by atoms with Crippen molar-refractivity contribution in [3.8, 4) is 11.3 Å². The van der Waals surface area contributed by atoms with Crippen LogP contribution in [0.2, 0.25) is 0 Å².